The Morgan fingerprint density at radius 3 is 2.56 bits per heavy atom. The van der Waals surface area contributed by atoms with Crippen LogP contribution < -0.4 is 5.73 Å². The van der Waals surface area contributed by atoms with Gasteiger partial charge in [-0.25, -0.2) is 0 Å². The molecule has 0 saturated heterocycles. The molecule has 0 bridgehead atoms. The molecule has 1 aromatic carbocycles. The van der Waals surface area contributed by atoms with E-state index >= 15 is 0 Å². The molecule has 0 spiro atoms. The molecule has 0 radical (unpaired) electrons. The Kier molecular flexibility index (Phi) is 2.83. The van der Waals surface area contributed by atoms with Gasteiger partial charge in [-0.2, -0.15) is 0 Å². The lowest BCUT2D eigenvalue weighted by atomic mass is 9.71. The van der Waals surface area contributed by atoms with Crippen LogP contribution in [0.5, 0.6) is 0 Å². The minimum absolute atomic E-state index is 0.127. The van der Waals surface area contributed by atoms with Crippen LogP contribution in [-0.4, -0.2) is 0 Å². The first-order valence-corrected chi connectivity index (χ1v) is 6.38. The van der Waals surface area contributed by atoms with E-state index in [0.29, 0.717) is 0 Å². The first-order valence-electron chi connectivity index (χ1n) is 6.38. The maximum absolute atomic E-state index is 6.68. The summed E-state index contributed by atoms with van der Waals surface area (Å²) < 4.78 is 0. The predicted octanol–water partition coefficient (Wildman–Crippen LogP) is 3.61. The van der Waals surface area contributed by atoms with Crippen LogP contribution in [0, 0.1) is 5.41 Å². The second-order valence-corrected chi connectivity index (χ2v) is 5.76. The van der Waals surface area contributed by atoms with Gasteiger partial charge in [0.1, 0.15) is 0 Å². The highest BCUT2D eigenvalue weighted by molar-refractivity contribution is 5.32. The van der Waals surface area contributed by atoms with Gasteiger partial charge < -0.3 is 5.73 Å². The summed E-state index contributed by atoms with van der Waals surface area (Å²) in [6.45, 7) is 6.80. The molecule has 0 amide bonds. The average molecular weight is 217 g/mol. The van der Waals surface area contributed by atoms with Gasteiger partial charge in [0.2, 0.25) is 0 Å². The Hall–Kier alpha value is -0.820. The van der Waals surface area contributed by atoms with Gasteiger partial charge in [0.25, 0.3) is 0 Å². The number of nitrogens with two attached hydrogens (primary N) is 1. The van der Waals surface area contributed by atoms with E-state index in [4.69, 9.17) is 5.73 Å². The largest absolute Gasteiger partial charge is 0.321 e. The van der Waals surface area contributed by atoms with Gasteiger partial charge in [-0.3, -0.25) is 0 Å². The van der Waals surface area contributed by atoms with Crippen molar-refractivity contribution >= 4 is 0 Å². The van der Waals surface area contributed by atoms with Crippen molar-refractivity contribution < 1.29 is 0 Å². The number of hydrogen-bond acceptors (Lipinski definition) is 1. The lowest BCUT2D eigenvalue weighted by Gasteiger charge is -2.39. The quantitative estimate of drug-likeness (QED) is 0.804. The summed E-state index contributed by atoms with van der Waals surface area (Å²) in [6, 6.07) is 8.84. The second-order valence-electron chi connectivity index (χ2n) is 5.76. The minimum atomic E-state index is -0.127. The van der Waals surface area contributed by atoms with Crippen LogP contribution in [0.25, 0.3) is 0 Å². The van der Waals surface area contributed by atoms with Gasteiger partial charge >= 0.3 is 0 Å². The Morgan fingerprint density at radius 1 is 1.25 bits per heavy atom. The van der Waals surface area contributed by atoms with E-state index in [0.717, 1.165) is 12.8 Å². The third kappa shape index (κ3) is 1.67. The van der Waals surface area contributed by atoms with Crippen LogP contribution in [0.3, 0.4) is 0 Å². The van der Waals surface area contributed by atoms with Gasteiger partial charge in [-0.15, -0.1) is 0 Å². The van der Waals surface area contributed by atoms with Gasteiger partial charge in [-0.1, -0.05) is 51.5 Å². The normalized spacial score (nSPS) is 28.2. The van der Waals surface area contributed by atoms with Crippen LogP contribution in [0.15, 0.2) is 24.3 Å². The zero-order valence-corrected chi connectivity index (χ0v) is 10.7. The van der Waals surface area contributed by atoms with Crippen molar-refractivity contribution in [2.24, 2.45) is 11.1 Å². The molecule has 1 saturated carbocycles. The fourth-order valence-corrected chi connectivity index (χ4v) is 2.97. The predicted molar refractivity (Wildman–Crippen MR) is 69.3 cm³/mol. The van der Waals surface area contributed by atoms with Crippen LogP contribution >= 0.6 is 0 Å². The van der Waals surface area contributed by atoms with Crippen molar-refractivity contribution in [2.75, 3.05) is 0 Å². The minimum Gasteiger partial charge on any atom is -0.321 e. The summed E-state index contributed by atoms with van der Waals surface area (Å²) in [4.78, 5) is 0. The van der Waals surface area contributed by atoms with Crippen LogP contribution in [0.2, 0.25) is 0 Å². The molecule has 1 aliphatic rings. The van der Waals surface area contributed by atoms with Crippen molar-refractivity contribution in [1.29, 1.82) is 0 Å². The summed E-state index contributed by atoms with van der Waals surface area (Å²) in [5.41, 5.74) is 9.50. The number of rotatable bonds is 2. The SMILES string of the molecule is CCc1cccc(C2(N)CCCC2(C)C)c1. The zero-order chi connectivity index (χ0) is 11.8. The molecule has 1 atom stereocenters. The van der Waals surface area contributed by atoms with Gasteiger partial charge in [0.05, 0.1) is 0 Å². The first kappa shape index (κ1) is 11.7. The van der Waals surface area contributed by atoms with Crippen molar-refractivity contribution in [3.63, 3.8) is 0 Å². The van der Waals surface area contributed by atoms with E-state index in [2.05, 4.69) is 45.0 Å². The van der Waals surface area contributed by atoms with E-state index in [1.807, 2.05) is 0 Å². The van der Waals surface area contributed by atoms with E-state index in [1.54, 1.807) is 0 Å². The third-order valence-corrected chi connectivity index (χ3v) is 4.43. The molecular formula is C15H23N. The topological polar surface area (TPSA) is 26.0 Å². The molecule has 1 heteroatoms. The monoisotopic (exact) mass is 217 g/mol. The Labute approximate surface area is 99.0 Å². The molecule has 16 heavy (non-hydrogen) atoms. The van der Waals surface area contributed by atoms with E-state index < -0.39 is 0 Å². The van der Waals surface area contributed by atoms with Crippen molar-refractivity contribution in [1.82, 2.24) is 0 Å². The highest BCUT2D eigenvalue weighted by atomic mass is 14.8. The highest BCUT2D eigenvalue weighted by Gasteiger charge is 2.46. The molecule has 0 aromatic heterocycles. The van der Waals surface area contributed by atoms with Crippen LogP contribution in [0.1, 0.15) is 51.2 Å². The molecule has 88 valence electrons. The lowest BCUT2D eigenvalue weighted by Crippen LogP contribution is -2.45. The maximum Gasteiger partial charge on any atom is 0.0461 e. The van der Waals surface area contributed by atoms with E-state index in [9.17, 15) is 0 Å². The average Bonchev–Trinajstić information content (AvgIpc) is 2.55. The molecule has 1 unspecified atom stereocenters. The van der Waals surface area contributed by atoms with Gasteiger partial charge in [-0.05, 0) is 35.8 Å². The molecule has 1 aliphatic carbocycles. The summed E-state index contributed by atoms with van der Waals surface area (Å²) in [5.74, 6) is 0. The van der Waals surface area contributed by atoms with Crippen LogP contribution in [-0.2, 0) is 12.0 Å². The smallest absolute Gasteiger partial charge is 0.0461 e. The standard InChI is InChI=1S/C15H23N/c1-4-12-7-5-8-13(11-12)15(16)10-6-9-14(15,2)3/h5,7-8,11H,4,6,9-10,16H2,1-3H3. The molecule has 1 aromatic rings. The summed E-state index contributed by atoms with van der Waals surface area (Å²) in [7, 11) is 0. The first-order chi connectivity index (χ1) is 7.49. The van der Waals surface area contributed by atoms with Crippen molar-refractivity contribution in [3.8, 4) is 0 Å². The molecule has 1 nitrogen and oxygen atoms in total. The second kappa shape index (κ2) is 3.89. The molecule has 2 N–H and O–H groups in total. The molecular weight excluding hydrogens is 194 g/mol. The third-order valence-electron chi connectivity index (χ3n) is 4.43. The Balaban J connectivity index is 2.42. The fourth-order valence-electron chi connectivity index (χ4n) is 2.97. The van der Waals surface area contributed by atoms with Crippen molar-refractivity contribution in [2.45, 2.75) is 52.0 Å². The fraction of sp³-hybridized carbons (Fsp3) is 0.600. The Bertz CT molecular complexity index is 381. The van der Waals surface area contributed by atoms with E-state index in [1.165, 1.54) is 24.0 Å². The molecule has 1 fully saturated rings. The van der Waals surface area contributed by atoms with Crippen molar-refractivity contribution in [3.05, 3.63) is 35.4 Å². The molecule has 2 rings (SSSR count). The van der Waals surface area contributed by atoms with Crippen LogP contribution in [0.4, 0.5) is 0 Å². The van der Waals surface area contributed by atoms with Gasteiger partial charge in [0, 0.05) is 5.54 Å². The lowest BCUT2D eigenvalue weighted by molar-refractivity contribution is 0.210. The maximum atomic E-state index is 6.68. The summed E-state index contributed by atoms with van der Waals surface area (Å²) >= 11 is 0. The zero-order valence-electron chi connectivity index (χ0n) is 10.7. The van der Waals surface area contributed by atoms with Gasteiger partial charge in [0.15, 0.2) is 0 Å². The summed E-state index contributed by atoms with van der Waals surface area (Å²) in [5, 5.41) is 0. The summed E-state index contributed by atoms with van der Waals surface area (Å²) in [6.07, 6.45) is 4.69. The number of benzene rings is 1. The highest BCUT2D eigenvalue weighted by Crippen LogP contribution is 2.50. The number of aryl methyl sites for hydroxylation is 1. The number of hydrogen-bond donors (Lipinski definition) is 1. The Morgan fingerprint density at radius 2 is 2.00 bits per heavy atom. The molecule has 0 aliphatic heterocycles. The molecule has 0 heterocycles. The van der Waals surface area contributed by atoms with E-state index in [-0.39, 0.29) is 11.0 Å².